The van der Waals surface area contributed by atoms with Crippen molar-refractivity contribution >= 4 is 28.4 Å². The molecule has 0 saturated carbocycles. The summed E-state index contributed by atoms with van der Waals surface area (Å²) in [5, 5.41) is 12.6. The molecule has 0 unspecified atom stereocenters. The highest BCUT2D eigenvalue weighted by molar-refractivity contribution is 6.31. The van der Waals surface area contributed by atoms with Crippen molar-refractivity contribution in [1.82, 2.24) is 0 Å². The molecule has 16 heavy (non-hydrogen) atoms. The van der Waals surface area contributed by atoms with Gasteiger partial charge >= 0.3 is 0 Å². The zero-order valence-electron chi connectivity index (χ0n) is 8.70. The molecule has 0 radical (unpaired) electrons. The van der Waals surface area contributed by atoms with Crippen molar-refractivity contribution in [3.05, 3.63) is 52.2 Å². The summed E-state index contributed by atoms with van der Waals surface area (Å²) in [6.07, 6.45) is 3.49. The van der Waals surface area contributed by atoms with Crippen LogP contribution >= 0.6 is 11.6 Å². The molecule has 0 amide bonds. The zero-order chi connectivity index (χ0) is 11.1. The molecule has 2 aromatic rings. The lowest BCUT2D eigenvalue weighted by Crippen LogP contribution is -1.98. The minimum absolute atomic E-state index is 0.473. The maximum Gasteiger partial charge on any atom is 0.0932 e. The number of allylic oxidation sites excluding steroid dienone is 1. The smallest absolute Gasteiger partial charge is 0.0932 e. The first-order valence-electron chi connectivity index (χ1n) is 5.34. The van der Waals surface area contributed by atoms with Gasteiger partial charge in [-0.1, -0.05) is 23.7 Å². The Hall–Kier alpha value is -1.47. The predicted octanol–water partition coefficient (Wildman–Crippen LogP) is 4.34. The van der Waals surface area contributed by atoms with Crippen LogP contribution in [0, 0.1) is 0 Å². The third-order valence-corrected chi connectivity index (χ3v) is 3.27. The Kier molecular flexibility index (Phi) is 2.15. The molecule has 1 aliphatic carbocycles. The van der Waals surface area contributed by atoms with E-state index in [0.29, 0.717) is 5.76 Å². The summed E-state index contributed by atoms with van der Waals surface area (Å²) in [6.45, 7) is 0. The van der Waals surface area contributed by atoms with Crippen LogP contribution in [0.15, 0.2) is 36.1 Å². The highest BCUT2D eigenvalue weighted by Gasteiger charge is 2.10. The molecule has 2 aromatic carbocycles. The van der Waals surface area contributed by atoms with Gasteiger partial charge in [0.1, 0.15) is 0 Å². The van der Waals surface area contributed by atoms with Crippen molar-refractivity contribution in [2.75, 3.05) is 0 Å². The summed E-state index contributed by atoms with van der Waals surface area (Å²) in [7, 11) is 0. The molecule has 0 heterocycles. The highest BCUT2D eigenvalue weighted by atomic mass is 35.5. The van der Waals surface area contributed by atoms with Gasteiger partial charge in [-0.2, -0.15) is 0 Å². The lowest BCUT2D eigenvalue weighted by Gasteiger charge is -2.14. The second kappa shape index (κ2) is 3.53. The Morgan fingerprint density at radius 1 is 1.00 bits per heavy atom. The zero-order valence-corrected chi connectivity index (χ0v) is 9.46. The van der Waals surface area contributed by atoms with Crippen LogP contribution in [0.25, 0.3) is 16.8 Å². The van der Waals surface area contributed by atoms with E-state index in [2.05, 4.69) is 12.1 Å². The van der Waals surface area contributed by atoms with Gasteiger partial charge in [0.25, 0.3) is 0 Å². The molecule has 1 aliphatic rings. The van der Waals surface area contributed by atoms with Crippen LogP contribution < -0.4 is 0 Å². The predicted molar refractivity (Wildman–Crippen MR) is 67.9 cm³/mol. The van der Waals surface area contributed by atoms with Crippen molar-refractivity contribution in [3.63, 3.8) is 0 Å². The number of fused-ring (bicyclic) bond motifs is 2. The van der Waals surface area contributed by atoms with E-state index in [1.807, 2.05) is 24.3 Å². The molecule has 0 spiro atoms. The number of rotatable bonds is 0. The third-order valence-electron chi connectivity index (χ3n) is 3.03. The molecule has 1 nitrogen and oxygen atoms in total. The number of benzene rings is 2. The lowest BCUT2D eigenvalue weighted by molar-refractivity contribution is 0.391. The molecule has 0 atom stereocenters. The Morgan fingerprint density at radius 3 is 2.75 bits per heavy atom. The Balaban J connectivity index is 2.28. The molecule has 0 saturated heterocycles. The SMILES string of the molecule is OC1=Cc2cc3ccc(Cl)cc3cc2CC1. The summed E-state index contributed by atoms with van der Waals surface area (Å²) in [5.74, 6) is 0.473. The molecule has 0 bridgehead atoms. The van der Waals surface area contributed by atoms with E-state index in [0.717, 1.165) is 28.8 Å². The number of aliphatic hydroxyl groups excluding tert-OH is 1. The lowest BCUT2D eigenvalue weighted by atomic mass is 9.93. The van der Waals surface area contributed by atoms with Gasteiger partial charge in [0.2, 0.25) is 0 Å². The van der Waals surface area contributed by atoms with E-state index in [4.69, 9.17) is 11.6 Å². The molecule has 3 rings (SSSR count). The van der Waals surface area contributed by atoms with Gasteiger partial charge in [-0.25, -0.2) is 0 Å². The van der Waals surface area contributed by atoms with E-state index < -0.39 is 0 Å². The molecule has 0 aromatic heterocycles. The second-order valence-corrected chi connectivity index (χ2v) is 4.61. The Morgan fingerprint density at radius 2 is 1.88 bits per heavy atom. The number of hydrogen-bond acceptors (Lipinski definition) is 1. The van der Waals surface area contributed by atoms with Crippen molar-refractivity contribution < 1.29 is 5.11 Å². The van der Waals surface area contributed by atoms with Crippen LogP contribution in [-0.4, -0.2) is 5.11 Å². The van der Waals surface area contributed by atoms with Crippen molar-refractivity contribution in [3.8, 4) is 0 Å². The Bertz CT molecular complexity index is 599. The molecule has 80 valence electrons. The first kappa shape index (κ1) is 9.73. The van der Waals surface area contributed by atoms with E-state index >= 15 is 0 Å². The van der Waals surface area contributed by atoms with E-state index in [9.17, 15) is 5.11 Å². The second-order valence-electron chi connectivity index (χ2n) is 4.18. The molecule has 0 fully saturated rings. The minimum atomic E-state index is 0.473. The number of aryl methyl sites for hydroxylation is 1. The fraction of sp³-hybridized carbons (Fsp3) is 0.143. The summed E-state index contributed by atoms with van der Waals surface area (Å²) < 4.78 is 0. The summed E-state index contributed by atoms with van der Waals surface area (Å²) in [4.78, 5) is 0. The van der Waals surface area contributed by atoms with Crippen LogP contribution in [-0.2, 0) is 6.42 Å². The van der Waals surface area contributed by atoms with Gasteiger partial charge in [-0.15, -0.1) is 0 Å². The first-order valence-corrected chi connectivity index (χ1v) is 5.72. The molecule has 2 heteroatoms. The monoisotopic (exact) mass is 230 g/mol. The maximum atomic E-state index is 9.51. The van der Waals surface area contributed by atoms with Crippen LogP contribution in [0.5, 0.6) is 0 Å². The van der Waals surface area contributed by atoms with Gasteiger partial charge in [0, 0.05) is 11.4 Å². The highest BCUT2D eigenvalue weighted by Crippen LogP contribution is 2.28. The van der Waals surface area contributed by atoms with Crippen LogP contribution in [0.3, 0.4) is 0 Å². The van der Waals surface area contributed by atoms with Crippen LogP contribution in [0.1, 0.15) is 17.5 Å². The maximum absolute atomic E-state index is 9.51. The average molecular weight is 231 g/mol. The van der Waals surface area contributed by atoms with Gasteiger partial charge in [-0.05, 0) is 52.6 Å². The van der Waals surface area contributed by atoms with Gasteiger partial charge in [-0.3, -0.25) is 0 Å². The molecular formula is C14H11ClO. The molecule has 0 aliphatic heterocycles. The van der Waals surface area contributed by atoms with E-state index in [1.54, 1.807) is 0 Å². The summed E-state index contributed by atoms with van der Waals surface area (Å²) in [5.41, 5.74) is 2.41. The fourth-order valence-corrected chi connectivity index (χ4v) is 2.38. The van der Waals surface area contributed by atoms with Crippen LogP contribution in [0.4, 0.5) is 0 Å². The van der Waals surface area contributed by atoms with E-state index in [1.165, 1.54) is 10.9 Å². The van der Waals surface area contributed by atoms with E-state index in [-0.39, 0.29) is 0 Å². The standard InChI is InChI=1S/C14H11ClO/c15-13-3-1-9-6-12-8-14(16)4-2-10(12)5-11(9)7-13/h1,3,5-8,16H,2,4H2. The number of halogens is 1. The van der Waals surface area contributed by atoms with Crippen LogP contribution in [0.2, 0.25) is 5.02 Å². The van der Waals surface area contributed by atoms with Crippen molar-refractivity contribution in [2.24, 2.45) is 0 Å². The number of aliphatic hydroxyl groups is 1. The normalized spacial score (nSPS) is 14.7. The van der Waals surface area contributed by atoms with Gasteiger partial charge in [0.15, 0.2) is 0 Å². The average Bonchev–Trinajstić information content (AvgIpc) is 2.26. The Labute approximate surface area is 99.0 Å². The molecular weight excluding hydrogens is 220 g/mol. The third kappa shape index (κ3) is 1.57. The summed E-state index contributed by atoms with van der Waals surface area (Å²) in [6, 6.07) is 10.2. The summed E-state index contributed by atoms with van der Waals surface area (Å²) >= 11 is 5.97. The largest absolute Gasteiger partial charge is 0.512 e. The number of hydrogen-bond donors (Lipinski definition) is 1. The quantitative estimate of drug-likeness (QED) is 0.714. The fourth-order valence-electron chi connectivity index (χ4n) is 2.20. The minimum Gasteiger partial charge on any atom is -0.512 e. The molecule has 1 N–H and O–H groups in total. The van der Waals surface area contributed by atoms with Crippen molar-refractivity contribution in [1.29, 1.82) is 0 Å². The first-order chi connectivity index (χ1) is 7.72. The van der Waals surface area contributed by atoms with Gasteiger partial charge in [0.05, 0.1) is 5.76 Å². The topological polar surface area (TPSA) is 20.2 Å². The van der Waals surface area contributed by atoms with Gasteiger partial charge < -0.3 is 5.11 Å². The van der Waals surface area contributed by atoms with Crippen molar-refractivity contribution in [2.45, 2.75) is 12.8 Å².